The maximum atomic E-state index is 13.2. The monoisotopic (exact) mass is 322 g/mol. The zero-order valence-electron chi connectivity index (χ0n) is 15.1. The van der Waals surface area contributed by atoms with Crippen molar-refractivity contribution in [3.8, 4) is 0 Å². The molecular weight excluding hydrogens is 296 g/mol. The van der Waals surface area contributed by atoms with Crippen LogP contribution in [0.1, 0.15) is 58.1 Å². The molecule has 2 aliphatic rings. The minimum atomic E-state index is -0.184. The molecule has 0 radical (unpaired) electrons. The standard InChI is InChI=1S/C21H26N2O/c1-21(2,3)23-19(15-10-5-6-11-16(15)20(23)24)17-13-22(4)18-12-8-7-9-14(17)18/h7-9,12-13,19H,5-6,10-11H2,1-4H3/t19-/m1/s1. The maximum Gasteiger partial charge on any atom is 0.251 e. The molecule has 1 aromatic heterocycles. The Morgan fingerprint density at radius 1 is 1.08 bits per heavy atom. The number of fused-ring (bicyclic) bond motifs is 1. The Balaban J connectivity index is 1.95. The second-order valence-corrected chi connectivity index (χ2v) is 8.17. The van der Waals surface area contributed by atoms with Crippen molar-refractivity contribution in [2.45, 2.75) is 58.0 Å². The van der Waals surface area contributed by atoms with Gasteiger partial charge in [-0.1, -0.05) is 18.2 Å². The van der Waals surface area contributed by atoms with E-state index in [9.17, 15) is 4.79 Å². The van der Waals surface area contributed by atoms with Crippen LogP contribution < -0.4 is 0 Å². The Labute approximate surface area is 143 Å². The average molecular weight is 322 g/mol. The van der Waals surface area contributed by atoms with E-state index in [1.165, 1.54) is 28.5 Å². The molecule has 24 heavy (non-hydrogen) atoms. The molecule has 0 unspecified atom stereocenters. The number of carbonyl (C=O) groups is 1. The van der Waals surface area contributed by atoms with E-state index < -0.39 is 0 Å². The van der Waals surface area contributed by atoms with E-state index in [1.54, 1.807) is 0 Å². The van der Waals surface area contributed by atoms with Gasteiger partial charge < -0.3 is 9.47 Å². The zero-order valence-corrected chi connectivity index (χ0v) is 15.1. The molecule has 3 nitrogen and oxygen atoms in total. The highest BCUT2D eigenvalue weighted by Crippen LogP contribution is 2.49. The van der Waals surface area contributed by atoms with Gasteiger partial charge in [-0.2, -0.15) is 0 Å². The van der Waals surface area contributed by atoms with Crippen LogP contribution in [0.2, 0.25) is 0 Å². The average Bonchev–Trinajstić information content (AvgIpc) is 3.03. The van der Waals surface area contributed by atoms with Gasteiger partial charge in [0.1, 0.15) is 0 Å². The van der Waals surface area contributed by atoms with Gasteiger partial charge in [0, 0.05) is 40.8 Å². The van der Waals surface area contributed by atoms with Crippen molar-refractivity contribution in [2.24, 2.45) is 7.05 Å². The van der Waals surface area contributed by atoms with Crippen molar-refractivity contribution in [3.63, 3.8) is 0 Å². The Hall–Kier alpha value is -2.03. The van der Waals surface area contributed by atoms with E-state index in [2.05, 4.69) is 67.7 Å². The lowest BCUT2D eigenvalue weighted by Gasteiger charge is -2.38. The van der Waals surface area contributed by atoms with Crippen LogP contribution >= 0.6 is 0 Å². The number of carbonyl (C=O) groups excluding carboxylic acids is 1. The molecule has 1 aromatic carbocycles. The van der Waals surface area contributed by atoms with Gasteiger partial charge >= 0.3 is 0 Å². The van der Waals surface area contributed by atoms with E-state index in [-0.39, 0.29) is 17.5 Å². The first-order valence-electron chi connectivity index (χ1n) is 8.99. The van der Waals surface area contributed by atoms with Gasteiger partial charge in [0.05, 0.1) is 6.04 Å². The largest absolute Gasteiger partial charge is 0.350 e. The third kappa shape index (κ3) is 2.14. The fourth-order valence-corrected chi connectivity index (χ4v) is 4.50. The first kappa shape index (κ1) is 15.5. The fourth-order valence-electron chi connectivity index (χ4n) is 4.50. The maximum absolute atomic E-state index is 13.2. The normalized spacial score (nSPS) is 21.8. The number of hydrogen-bond donors (Lipinski definition) is 0. The molecule has 1 amide bonds. The number of benzene rings is 1. The number of amides is 1. The highest BCUT2D eigenvalue weighted by atomic mass is 16.2. The Bertz CT molecular complexity index is 850. The fraction of sp³-hybridized carbons (Fsp3) is 0.476. The molecule has 4 rings (SSSR count). The highest BCUT2D eigenvalue weighted by Gasteiger charge is 2.45. The molecular formula is C21H26N2O. The lowest BCUT2D eigenvalue weighted by atomic mass is 9.87. The SMILES string of the molecule is Cn1cc([C@H]2C3=C(CCCC3)C(=O)N2C(C)(C)C)c2ccccc21. The van der Waals surface area contributed by atoms with E-state index >= 15 is 0 Å². The smallest absolute Gasteiger partial charge is 0.251 e. The minimum absolute atomic E-state index is 0.0962. The van der Waals surface area contributed by atoms with Gasteiger partial charge in [-0.25, -0.2) is 0 Å². The van der Waals surface area contributed by atoms with E-state index in [4.69, 9.17) is 0 Å². The molecule has 2 heterocycles. The van der Waals surface area contributed by atoms with Gasteiger partial charge in [0.15, 0.2) is 0 Å². The molecule has 0 bridgehead atoms. The van der Waals surface area contributed by atoms with Crippen LogP contribution in [0.4, 0.5) is 0 Å². The van der Waals surface area contributed by atoms with Crippen LogP contribution in [0.3, 0.4) is 0 Å². The second-order valence-electron chi connectivity index (χ2n) is 8.17. The lowest BCUT2D eigenvalue weighted by molar-refractivity contribution is -0.132. The van der Waals surface area contributed by atoms with Crippen LogP contribution in [0.25, 0.3) is 10.9 Å². The van der Waals surface area contributed by atoms with Crippen molar-refractivity contribution in [1.82, 2.24) is 9.47 Å². The van der Waals surface area contributed by atoms with Crippen molar-refractivity contribution in [2.75, 3.05) is 0 Å². The predicted molar refractivity (Wildman–Crippen MR) is 97.8 cm³/mol. The summed E-state index contributed by atoms with van der Waals surface area (Å²) in [5.74, 6) is 0.259. The van der Waals surface area contributed by atoms with Crippen LogP contribution in [0.15, 0.2) is 41.6 Å². The Morgan fingerprint density at radius 2 is 1.79 bits per heavy atom. The first-order valence-corrected chi connectivity index (χ1v) is 8.99. The number of para-hydroxylation sites is 1. The molecule has 0 spiro atoms. The van der Waals surface area contributed by atoms with Crippen LogP contribution in [0, 0.1) is 0 Å². The van der Waals surface area contributed by atoms with Crippen LogP contribution in [-0.2, 0) is 11.8 Å². The zero-order chi connectivity index (χ0) is 17.1. The summed E-state index contributed by atoms with van der Waals surface area (Å²) < 4.78 is 2.19. The summed E-state index contributed by atoms with van der Waals surface area (Å²) in [5, 5.41) is 1.27. The molecule has 1 atom stereocenters. The highest BCUT2D eigenvalue weighted by molar-refractivity contribution is 5.99. The van der Waals surface area contributed by atoms with Gasteiger partial charge in [-0.05, 0) is 58.1 Å². The van der Waals surface area contributed by atoms with Gasteiger partial charge in [0.2, 0.25) is 0 Å². The van der Waals surface area contributed by atoms with Crippen molar-refractivity contribution >= 4 is 16.8 Å². The van der Waals surface area contributed by atoms with Crippen molar-refractivity contribution in [3.05, 3.63) is 47.2 Å². The third-order valence-corrected chi connectivity index (χ3v) is 5.52. The molecule has 3 heteroatoms. The number of hydrogen-bond acceptors (Lipinski definition) is 1. The summed E-state index contributed by atoms with van der Waals surface area (Å²) >= 11 is 0. The van der Waals surface area contributed by atoms with Gasteiger partial charge in [-0.3, -0.25) is 4.79 Å². The lowest BCUT2D eigenvalue weighted by Crippen LogP contribution is -2.45. The van der Waals surface area contributed by atoms with Crippen LogP contribution in [-0.4, -0.2) is 20.9 Å². The number of aryl methyl sites for hydroxylation is 1. The van der Waals surface area contributed by atoms with Crippen LogP contribution in [0.5, 0.6) is 0 Å². The molecule has 0 fully saturated rings. The van der Waals surface area contributed by atoms with E-state index in [1.807, 2.05) is 0 Å². The Morgan fingerprint density at radius 3 is 2.54 bits per heavy atom. The predicted octanol–water partition coefficient (Wildman–Crippen LogP) is 4.73. The Kier molecular flexibility index (Phi) is 3.38. The topological polar surface area (TPSA) is 25.2 Å². The summed E-state index contributed by atoms with van der Waals surface area (Å²) in [7, 11) is 2.10. The number of aromatic nitrogens is 1. The van der Waals surface area contributed by atoms with E-state index in [0.29, 0.717) is 0 Å². The summed E-state index contributed by atoms with van der Waals surface area (Å²) in [6.45, 7) is 6.46. The molecule has 0 N–H and O–H groups in total. The molecule has 126 valence electrons. The first-order chi connectivity index (χ1) is 11.4. The summed E-state index contributed by atoms with van der Waals surface area (Å²) in [4.78, 5) is 15.3. The summed E-state index contributed by atoms with van der Waals surface area (Å²) in [5.41, 5.74) is 4.80. The quantitative estimate of drug-likeness (QED) is 0.745. The van der Waals surface area contributed by atoms with Gasteiger partial charge in [0.25, 0.3) is 5.91 Å². The molecule has 2 aromatic rings. The van der Waals surface area contributed by atoms with Crippen molar-refractivity contribution < 1.29 is 4.79 Å². The number of nitrogens with zero attached hydrogens (tertiary/aromatic N) is 2. The summed E-state index contributed by atoms with van der Waals surface area (Å²) in [6, 6.07) is 8.63. The van der Waals surface area contributed by atoms with E-state index in [0.717, 1.165) is 24.8 Å². The van der Waals surface area contributed by atoms with Crippen molar-refractivity contribution in [1.29, 1.82) is 0 Å². The molecule has 1 aliphatic heterocycles. The summed E-state index contributed by atoms with van der Waals surface area (Å²) in [6.07, 6.45) is 6.58. The van der Waals surface area contributed by atoms with Gasteiger partial charge in [-0.15, -0.1) is 0 Å². The third-order valence-electron chi connectivity index (χ3n) is 5.52. The minimum Gasteiger partial charge on any atom is -0.350 e. The number of rotatable bonds is 1. The molecule has 0 saturated carbocycles. The molecule has 0 saturated heterocycles. The molecule has 1 aliphatic carbocycles. The second kappa shape index (κ2) is 5.23.